The van der Waals surface area contributed by atoms with Gasteiger partial charge in [-0.15, -0.1) is 0 Å². The minimum atomic E-state index is -4.96. The van der Waals surface area contributed by atoms with E-state index in [2.05, 4.69) is 21.3 Å². The van der Waals surface area contributed by atoms with Gasteiger partial charge in [0, 0.05) is 44.3 Å². The predicted octanol–water partition coefficient (Wildman–Crippen LogP) is 6.00. The van der Waals surface area contributed by atoms with E-state index in [-0.39, 0.29) is 23.4 Å². The topological polar surface area (TPSA) is 75.5 Å². The summed E-state index contributed by atoms with van der Waals surface area (Å²) in [6, 6.07) is 6.81. The molecular formula is C29H27F5N6OS. The Labute approximate surface area is 243 Å². The smallest absolute Gasteiger partial charge is 0.367 e. The first-order valence-electron chi connectivity index (χ1n) is 13.2. The van der Waals surface area contributed by atoms with Crippen molar-refractivity contribution in [3.8, 4) is 6.07 Å². The van der Waals surface area contributed by atoms with Crippen LogP contribution in [0.5, 0.6) is 0 Å². The maximum absolute atomic E-state index is 15.7. The van der Waals surface area contributed by atoms with Crippen molar-refractivity contribution in [2.75, 3.05) is 54.9 Å². The maximum Gasteiger partial charge on any atom is 0.417 e. The predicted molar refractivity (Wildman–Crippen MR) is 152 cm³/mol. The van der Waals surface area contributed by atoms with E-state index in [9.17, 15) is 22.4 Å². The standard InChI is InChI=1S/C29H27F5N6OS/c1-17-16-40(10-9-38(17)2)26-13-24(31)22(18-5-7-39(8-6-18)28-36-15-20(14-35)42-28)12-25(26)37-27(41)21-4-3-19(30)11-23(21)29(32,33)34/h3-5,11-13,15,17H,6-10,16H2,1-2H3,(H,37,41). The summed E-state index contributed by atoms with van der Waals surface area (Å²) in [6.07, 6.45) is -1.19. The molecule has 0 aliphatic carbocycles. The number of rotatable bonds is 5. The molecule has 2 aliphatic rings. The van der Waals surface area contributed by atoms with E-state index in [1.54, 1.807) is 0 Å². The highest BCUT2D eigenvalue weighted by Crippen LogP contribution is 2.38. The van der Waals surface area contributed by atoms with Crippen LogP contribution in [0, 0.1) is 23.0 Å². The summed E-state index contributed by atoms with van der Waals surface area (Å²) in [4.78, 5) is 24.0. The number of thiazole rings is 1. The molecule has 7 nitrogen and oxygen atoms in total. The molecule has 42 heavy (non-hydrogen) atoms. The van der Waals surface area contributed by atoms with Crippen LogP contribution in [0.4, 0.5) is 38.5 Å². The normalized spacial score (nSPS) is 18.0. The molecule has 1 N–H and O–H groups in total. The van der Waals surface area contributed by atoms with Crippen molar-refractivity contribution in [1.82, 2.24) is 9.88 Å². The summed E-state index contributed by atoms with van der Waals surface area (Å²) in [6.45, 7) is 4.62. The molecule has 2 aromatic carbocycles. The number of carbonyl (C=O) groups is 1. The molecule has 1 saturated heterocycles. The molecule has 3 heterocycles. The van der Waals surface area contributed by atoms with Crippen molar-refractivity contribution in [3.63, 3.8) is 0 Å². The molecule has 3 aromatic rings. The third kappa shape index (κ3) is 6.10. The average molecular weight is 603 g/mol. The second-order valence-corrected chi connectivity index (χ2v) is 11.3. The first kappa shape index (κ1) is 29.5. The summed E-state index contributed by atoms with van der Waals surface area (Å²) in [7, 11) is 1.97. The van der Waals surface area contributed by atoms with Crippen LogP contribution in [0.1, 0.15) is 39.7 Å². The van der Waals surface area contributed by atoms with Crippen LogP contribution in [0.2, 0.25) is 0 Å². The molecule has 13 heteroatoms. The molecule has 1 fully saturated rings. The second-order valence-electron chi connectivity index (χ2n) is 10.3. The maximum atomic E-state index is 15.7. The third-order valence-electron chi connectivity index (χ3n) is 7.59. The number of halogens is 5. The van der Waals surface area contributed by atoms with Crippen LogP contribution < -0.4 is 15.1 Å². The van der Waals surface area contributed by atoms with Crippen LogP contribution in [-0.4, -0.2) is 61.6 Å². The number of likely N-dealkylation sites (N-methyl/N-ethyl adjacent to an activating group) is 1. The van der Waals surface area contributed by atoms with Crippen molar-refractivity contribution < 1.29 is 26.7 Å². The number of alkyl halides is 3. The van der Waals surface area contributed by atoms with Crippen molar-refractivity contribution in [3.05, 3.63) is 75.8 Å². The second kappa shape index (κ2) is 11.7. The molecule has 0 saturated carbocycles. The van der Waals surface area contributed by atoms with Gasteiger partial charge in [0.2, 0.25) is 0 Å². The molecule has 0 bridgehead atoms. The minimum Gasteiger partial charge on any atom is -0.367 e. The van der Waals surface area contributed by atoms with Gasteiger partial charge < -0.3 is 20.0 Å². The zero-order valence-electron chi connectivity index (χ0n) is 22.8. The number of hydrogen-bond acceptors (Lipinski definition) is 7. The van der Waals surface area contributed by atoms with Gasteiger partial charge in [-0.05, 0) is 56.3 Å². The van der Waals surface area contributed by atoms with E-state index in [1.807, 2.05) is 29.8 Å². The summed E-state index contributed by atoms with van der Waals surface area (Å²) in [5.41, 5.74) is -0.720. The molecule has 1 atom stereocenters. The molecule has 5 rings (SSSR count). The van der Waals surface area contributed by atoms with E-state index in [0.717, 1.165) is 12.1 Å². The Morgan fingerprint density at radius 3 is 2.57 bits per heavy atom. The summed E-state index contributed by atoms with van der Waals surface area (Å²) < 4.78 is 70.4. The van der Waals surface area contributed by atoms with Crippen LogP contribution in [-0.2, 0) is 6.18 Å². The molecule has 0 spiro atoms. The number of nitrogens with zero attached hydrogens (tertiary/aromatic N) is 5. The van der Waals surface area contributed by atoms with Crippen molar-refractivity contribution in [2.24, 2.45) is 0 Å². The van der Waals surface area contributed by atoms with E-state index in [4.69, 9.17) is 5.26 Å². The molecule has 1 aromatic heterocycles. The van der Waals surface area contributed by atoms with Gasteiger partial charge >= 0.3 is 6.18 Å². The number of hydrogen-bond donors (Lipinski definition) is 1. The average Bonchev–Trinajstić information content (AvgIpc) is 3.44. The van der Waals surface area contributed by atoms with E-state index in [0.29, 0.717) is 60.4 Å². The fourth-order valence-electron chi connectivity index (χ4n) is 5.13. The number of carbonyl (C=O) groups excluding carboxylic acids is 1. The van der Waals surface area contributed by atoms with Gasteiger partial charge in [-0.1, -0.05) is 17.4 Å². The molecule has 0 radical (unpaired) electrons. The molecule has 2 aliphatic heterocycles. The Morgan fingerprint density at radius 1 is 1.14 bits per heavy atom. The van der Waals surface area contributed by atoms with Crippen LogP contribution in [0.25, 0.3) is 5.57 Å². The van der Waals surface area contributed by atoms with Crippen molar-refractivity contribution in [2.45, 2.75) is 25.6 Å². The Hall–Kier alpha value is -4.02. The van der Waals surface area contributed by atoms with Gasteiger partial charge in [0.1, 0.15) is 22.6 Å². The van der Waals surface area contributed by atoms with Gasteiger partial charge in [-0.3, -0.25) is 4.79 Å². The molecule has 1 unspecified atom stereocenters. The molecule has 1 amide bonds. The third-order valence-corrected chi connectivity index (χ3v) is 8.56. The van der Waals surface area contributed by atoms with Gasteiger partial charge in [-0.25, -0.2) is 13.8 Å². The first-order chi connectivity index (χ1) is 19.9. The zero-order chi connectivity index (χ0) is 30.2. The lowest BCUT2D eigenvalue weighted by atomic mass is 9.97. The highest BCUT2D eigenvalue weighted by atomic mass is 32.1. The minimum absolute atomic E-state index is 0.110. The van der Waals surface area contributed by atoms with Crippen molar-refractivity contribution >= 4 is 39.3 Å². The lowest BCUT2D eigenvalue weighted by Crippen LogP contribution is -2.50. The largest absolute Gasteiger partial charge is 0.417 e. The van der Waals surface area contributed by atoms with Crippen LogP contribution in [0.3, 0.4) is 0 Å². The molecular weight excluding hydrogens is 575 g/mol. The highest BCUT2D eigenvalue weighted by molar-refractivity contribution is 7.16. The number of anilines is 3. The van der Waals surface area contributed by atoms with Crippen LogP contribution >= 0.6 is 11.3 Å². The van der Waals surface area contributed by atoms with Gasteiger partial charge in [0.25, 0.3) is 5.91 Å². The number of piperazine rings is 1. The quantitative estimate of drug-likeness (QED) is 0.362. The van der Waals surface area contributed by atoms with Gasteiger partial charge in [-0.2, -0.15) is 18.4 Å². The van der Waals surface area contributed by atoms with Gasteiger partial charge in [0.15, 0.2) is 5.13 Å². The fraction of sp³-hybridized carbons (Fsp3) is 0.345. The van der Waals surface area contributed by atoms with Crippen molar-refractivity contribution in [1.29, 1.82) is 5.26 Å². The SMILES string of the molecule is CC1CN(c2cc(F)c(C3=CCN(c4ncc(C#N)s4)CC3)cc2NC(=O)c2ccc(F)cc2C(F)(F)F)CCN1C. The summed E-state index contributed by atoms with van der Waals surface area (Å²) in [5.74, 6) is -2.72. The number of amides is 1. The van der Waals surface area contributed by atoms with E-state index >= 15 is 4.39 Å². The van der Waals surface area contributed by atoms with E-state index < -0.39 is 34.8 Å². The zero-order valence-corrected chi connectivity index (χ0v) is 23.6. The lowest BCUT2D eigenvalue weighted by Gasteiger charge is -2.40. The number of benzene rings is 2. The highest BCUT2D eigenvalue weighted by Gasteiger charge is 2.36. The molecule has 220 valence electrons. The Morgan fingerprint density at radius 2 is 1.93 bits per heavy atom. The summed E-state index contributed by atoms with van der Waals surface area (Å²) >= 11 is 1.26. The fourth-order valence-corrected chi connectivity index (χ4v) is 5.87. The number of nitriles is 1. The Balaban J connectivity index is 1.50. The number of nitrogens with one attached hydrogen (secondary N) is 1. The lowest BCUT2D eigenvalue weighted by molar-refractivity contribution is -0.138. The van der Waals surface area contributed by atoms with Crippen LogP contribution in [0.15, 0.2) is 42.6 Å². The van der Waals surface area contributed by atoms with Gasteiger partial charge in [0.05, 0.1) is 28.7 Å². The Bertz CT molecular complexity index is 1580. The summed E-state index contributed by atoms with van der Waals surface area (Å²) in [5, 5.41) is 12.3. The van der Waals surface area contributed by atoms with E-state index in [1.165, 1.54) is 29.7 Å². The number of aromatic nitrogens is 1. The monoisotopic (exact) mass is 602 g/mol. The first-order valence-corrected chi connectivity index (χ1v) is 14.0. The Kier molecular flexibility index (Phi) is 8.21.